The molecule has 2 rings (SSSR count). The van der Waals surface area contributed by atoms with E-state index in [0.717, 1.165) is 0 Å². The lowest BCUT2D eigenvalue weighted by molar-refractivity contribution is 0.324. The van der Waals surface area contributed by atoms with Crippen LogP contribution in [0.2, 0.25) is 5.15 Å². The van der Waals surface area contributed by atoms with Crippen molar-refractivity contribution in [1.29, 1.82) is 0 Å². The fraction of sp³-hybridized carbons (Fsp3) is 0.222. The molecule has 0 saturated carbocycles. The van der Waals surface area contributed by atoms with Crippen molar-refractivity contribution in [2.45, 2.75) is 6.92 Å². The Morgan fingerprint density at radius 3 is 3.12 bits per heavy atom. The third-order valence-electron chi connectivity index (χ3n) is 1.82. The summed E-state index contributed by atoms with van der Waals surface area (Å²) in [4.78, 5) is 11.5. The van der Waals surface area contributed by atoms with Crippen LogP contribution in [0.5, 0.6) is 5.88 Å². The standard InChI is InChI=1S/C9H9ClN4O2/c1-2-16-8-3-4-14(13-8)9-6(15)5-7(10)11-12-9/h3-5H,2H2,1H3,(H,11,15). The lowest BCUT2D eigenvalue weighted by Crippen LogP contribution is -2.14. The van der Waals surface area contributed by atoms with Gasteiger partial charge in [-0.3, -0.25) is 9.89 Å². The van der Waals surface area contributed by atoms with E-state index >= 15 is 0 Å². The van der Waals surface area contributed by atoms with Crippen molar-refractivity contribution in [3.63, 3.8) is 0 Å². The lowest BCUT2D eigenvalue weighted by Gasteiger charge is -1.99. The summed E-state index contributed by atoms with van der Waals surface area (Å²) in [6, 6.07) is 2.89. The summed E-state index contributed by atoms with van der Waals surface area (Å²) in [7, 11) is 0. The quantitative estimate of drug-likeness (QED) is 0.869. The highest BCUT2D eigenvalue weighted by Crippen LogP contribution is 2.08. The molecule has 0 aromatic carbocycles. The third-order valence-corrected chi connectivity index (χ3v) is 2.01. The molecule has 0 spiro atoms. The van der Waals surface area contributed by atoms with Gasteiger partial charge < -0.3 is 4.74 Å². The fourth-order valence-electron chi connectivity index (χ4n) is 1.19. The first-order valence-corrected chi connectivity index (χ1v) is 5.02. The van der Waals surface area contributed by atoms with Gasteiger partial charge >= 0.3 is 0 Å². The smallest absolute Gasteiger partial charge is 0.233 e. The number of halogens is 1. The van der Waals surface area contributed by atoms with E-state index in [-0.39, 0.29) is 16.4 Å². The van der Waals surface area contributed by atoms with Gasteiger partial charge in [0.2, 0.25) is 17.1 Å². The number of nitrogens with one attached hydrogen (secondary N) is 1. The Labute approximate surface area is 95.8 Å². The molecule has 2 aromatic heterocycles. The topological polar surface area (TPSA) is 72.8 Å². The largest absolute Gasteiger partial charge is 0.477 e. The van der Waals surface area contributed by atoms with Crippen molar-refractivity contribution in [1.82, 2.24) is 20.0 Å². The van der Waals surface area contributed by atoms with Crippen LogP contribution in [0.25, 0.3) is 5.82 Å². The highest BCUT2D eigenvalue weighted by molar-refractivity contribution is 6.29. The minimum absolute atomic E-state index is 0.148. The molecule has 0 aliphatic carbocycles. The summed E-state index contributed by atoms with van der Waals surface area (Å²) in [5, 5.41) is 10.5. The Balaban J connectivity index is 2.39. The van der Waals surface area contributed by atoms with E-state index in [9.17, 15) is 4.79 Å². The van der Waals surface area contributed by atoms with Crippen LogP contribution in [0.15, 0.2) is 23.1 Å². The van der Waals surface area contributed by atoms with Crippen molar-refractivity contribution in [2.24, 2.45) is 0 Å². The van der Waals surface area contributed by atoms with Crippen LogP contribution in [-0.2, 0) is 0 Å². The molecule has 1 N–H and O–H groups in total. The Kier molecular flexibility index (Phi) is 2.91. The maximum atomic E-state index is 11.5. The molecule has 2 aromatic rings. The van der Waals surface area contributed by atoms with Crippen molar-refractivity contribution in [2.75, 3.05) is 6.61 Å². The van der Waals surface area contributed by atoms with Crippen LogP contribution >= 0.6 is 11.6 Å². The molecule has 0 fully saturated rings. The molecule has 0 amide bonds. The molecular formula is C9H9ClN4O2. The second-order valence-electron chi connectivity index (χ2n) is 2.94. The van der Waals surface area contributed by atoms with Gasteiger partial charge in [0.25, 0.3) is 0 Å². The molecule has 7 heteroatoms. The lowest BCUT2D eigenvalue weighted by atomic mass is 10.5. The molecule has 0 bridgehead atoms. The molecule has 0 aliphatic rings. The zero-order chi connectivity index (χ0) is 11.5. The van der Waals surface area contributed by atoms with E-state index in [0.29, 0.717) is 12.5 Å². The van der Waals surface area contributed by atoms with Gasteiger partial charge in [-0.25, -0.2) is 4.68 Å². The molecule has 16 heavy (non-hydrogen) atoms. The van der Waals surface area contributed by atoms with Gasteiger partial charge in [0, 0.05) is 18.3 Å². The van der Waals surface area contributed by atoms with Crippen molar-refractivity contribution in [3.8, 4) is 11.7 Å². The predicted octanol–water partition coefficient (Wildman–Crippen LogP) is 1.01. The van der Waals surface area contributed by atoms with Crippen LogP contribution in [0, 0.1) is 0 Å². The van der Waals surface area contributed by atoms with Gasteiger partial charge in [-0.1, -0.05) is 11.6 Å². The first-order chi connectivity index (χ1) is 7.70. The van der Waals surface area contributed by atoms with Gasteiger partial charge in [0.1, 0.15) is 5.15 Å². The van der Waals surface area contributed by atoms with Crippen LogP contribution in [0.1, 0.15) is 6.92 Å². The van der Waals surface area contributed by atoms with Crippen molar-refractivity contribution < 1.29 is 4.74 Å². The molecule has 2 heterocycles. The number of aromatic nitrogens is 4. The first-order valence-electron chi connectivity index (χ1n) is 4.64. The number of rotatable bonds is 3. The molecule has 0 atom stereocenters. The maximum absolute atomic E-state index is 11.5. The van der Waals surface area contributed by atoms with Gasteiger partial charge in [0.05, 0.1) is 6.61 Å². The Bertz CT molecular complexity index is 548. The van der Waals surface area contributed by atoms with Crippen LogP contribution in [-0.4, -0.2) is 26.6 Å². The molecule has 6 nitrogen and oxygen atoms in total. The fourth-order valence-corrected chi connectivity index (χ4v) is 1.33. The number of H-pyrrole nitrogens is 1. The number of nitrogens with zero attached hydrogens (tertiary/aromatic N) is 3. The number of hydrogen-bond acceptors (Lipinski definition) is 4. The zero-order valence-electron chi connectivity index (χ0n) is 8.48. The summed E-state index contributed by atoms with van der Waals surface area (Å²) in [5.41, 5.74) is -0.310. The summed E-state index contributed by atoms with van der Waals surface area (Å²) in [5.74, 6) is 0.592. The summed E-state index contributed by atoms with van der Waals surface area (Å²) >= 11 is 5.59. The van der Waals surface area contributed by atoms with E-state index < -0.39 is 0 Å². The first kappa shape index (κ1) is 10.7. The van der Waals surface area contributed by atoms with Crippen molar-refractivity contribution in [3.05, 3.63) is 33.7 Å². The average Bonchev–Trinajstić information content (AvgIpc) is 2.67. The molecular weight excluding hydrogens is 232 g/mol. The molecule has 0 aliphatic heterocycles. The average molecular weight is 241 g/mol. The number of hydrogen-bond donors (Lipinski definition) is 1. The van der Waals surface area contributed by atoms with Gasteiger partial charge in [-0.15, -0.1) is 5.10 Å². The Morgan fingerprint density at radius 1 is 1.62 bits per heavy atom. The van der Waals surface area contributed by atoms with Gasteiger partial charge in [-0.2, -0.15) is 5.10 Å². The van der Waals surface area contributed by atoms with Crippen LogP contribution < -0.4 is 10.2 Å². The van der Waals surface area contributed by atoms with Crippen LogP contribution in [0.4, 0.5) is 0 Å². The SMILES string of the molecule is CCOc1ccn(-c2n[nH]c(Cl)cc2=O)n1. The van der Waals surface area contributed by atoms with Crippen LogP contribution in [0.3, 0.4) is 0 Å². The van der Waals surface area contributed by atoms with E-state index in [1.54, 1.807) is 12.3 Å². The number of aromatic amines is 1. The monoisotopic (exact) mass is 240 g/mol. The normalized spacial score (nSPS) is 10.4. The van der Waals surface area contributed by atoms with E-state index in [2.05, 4.69) is 15.3 Å². The third kappa shape index (κ3) is 2.06. The number of ether oxygens (including phenoxy) is 1. The maximum Gasteiger partial charge on any atom is 0.233 e. The van der Waals surface area contributed by atoms with E-state index in [1.807, 2.05) is 6.92 Å². The molecule has 0 saturated heterocycles. The molecule has 0 unspecified atom stereocenters. The van der Waals surface area contributed by atoms with E-state index in [1.165, 1.54) is 10.7 Å². The van der Waals surface area contributed by atoms with Gasteiger partial charge in [-0.05, 0) is 6.92 Å². The van der Waals surface area contributed by atoms with E-state index in [4.69, 9.17) is 16.3 Å². The van der Waals surface area contributed by atoms with Gasteiger partial charge in [0.15, 0.2) is 0 Å². The highest BCUT2D eigenvalue weighted by atomic mass is 35.5. The van der Waals surface area contributed by atoms with Crippen molar-refractivity contribution >= 4 is 11.6 Å². The summed E-state index contributed by atoms with van der Waals surface area (Å²) in [6.07, 6.45) is 1.59. The predicted molar refractivity (Wildman–Crippen MR) is 58.2 cm³/mol. The second-order valence-corrected chi connectivity index (χ2v) is 3.34. The minimum atomic E-state index is -0.310. The summed E-state index contributed by atoms with van der Waals surface area (Å²) < 4.78 is 6.51. The zero-order valence-corrected chi connectivity index (χ0v) is 9.23. The highest BCUT2D eigenvalue weighted by Gasteiger charge is 2.07. The molecule has 84 valence electrons. The Hall–Kier alpha value is -1.82. The summed E-state index contributed by atoms with van der Waals surface area (Å²) in [6.45, 7) is 2.37. The minimum Gasteiger partial charge on any atom is -0.477 e. The second kappa shape index (κ2) is 4.36. The Morgan fingerprint density at radius 2 is 2.44 bits per heavy atom. The molecule has 0 radical (unpaired) electrons.